The number of methoxy groups -OCH3 is 2. The Morgan fingerprint density at radius 1 is 1.17 bits per heavy atom. The summed E-state index contributed by atoms with van der Waals surface area (Å²) in [6.45, 7) is 4.09. The molecule has 3 amide bonds. The van der Waals surface area contributed by atoms with E-state index < -0.39 is 11.6 Å². The summed E-state index contributed by atoms with van der Waals surface area (Å²) in [5, 5.41) is 8.40. The Hall–Kier alpha value is -2.81. The molecule has 0 bridgehead atoms. The number of benzene rings is 1. The number of ether oxygens (including phenoxy) is 3. The minimum absolute atomic E-state index is 0.156. The summed E-state index contributed by atoms with van der Waals surface area (Å²) in [5.41, 5.74) is -0.634. The molecule has 30 heavy (non-hydrogen) atoms. The lowest BCUT2D eigenvalue weighted by Crippen LogP contribution is -2.53. The fourth-order valence-corrected chi connectivity index (χ4v) is 2.86. The summed E-state index contributed by atoms with van der Waals surface area (Å²) in [6, 6.07) is 4.29. The molecule has 1 aliphatic heterocycles. The summed E-state index contributed by atoms with van der Waals surface area (Å²) < 4.78 is 16.1. The minimum atomic E-state index is -1.04. The van der Waals surface area contributed by atoms with E-state index in [0.29, 0.717) is 42.9 Å². The van der Waals surface area contributed by atoms with Gasteiger partial charge < -0.3 is 30.2 Å². The first-order valence-corrected chi connectivity index (χ1v) is 10.0. The molecule has 9 nitrogen and oxygen atoms in total. The van der Waals surface area contributed by atoms with Gasteiger partial charge in [0.15, 0.2) is 0 Å². The predicted molar refractivity (Wildman–Crippen MR) is 111 cm³/mol. The Bertz CT molecular complexity index is 765. The van der Waals surface area contributed by atoms with Crippen LogP contribution in [0.2, 0.25) is 0 Å². The van der Waals surface area contributed by atoms with Gasteiger partial charge in [-0.15, -0.1) is 0 Å². The molecule has 1 atom stereocenters. The van der Waals surface area contributed by atoms with Crippen molar-refractivity contribution in [3.05, 3.63) is 23.8 Å². The lowest BCUT2D eigenvalue weighted by atomic mass is 10.0. The second-order valence-corrected chi connectivity index (χ2v) is 7.49. The average Bonchev–Trinajstić information content (AvgIpc) is 2.74. The number of hydrogen-bond donors (Lipinski definition) is 3. The van der Waals surface area contributed by atoms with Crippen LogP contribution in [-0.4, -0.2) is 63.3 Å². The van der Waals surface area contributed by atoms with Crippen LogP contribution in [0.5, 0.6) is 11.5 Å². The van der Waals surface area contributed by atoms with Gasteiger partial charge in [-0.05, 0) is 45.2 Å². The molecule has 9 heteroatoms. The molecular weight excluding hydrogens is 390 g/mol. The van der Waals surface area contributed by atoms with Crippen LogP contribution < -0.4 is 25.4 Å². The van der Waals surface area contributed by atoms with Crippen molar-refractivity contribution >= 4 is 17.7 Å². The maximum absolute atomic E-state index is 12.6. The van der Waals surface area contributed by atoms with Crippen LogP contribution in [0.4, 0.5) is 0 Å². The van der Waals surface area contributed by atoms with Crippen molar-refractivity contribution < 1.29 is 28.6 Å². The number of nitrogens with one attached hydrogen (secondary N) is 3. The van der Waals surface area contributed by atoms with Crippen LogP contribution >= 0.6 is 0 Å². The van der Waals surface area contributed by atoms with E-state index in [1.807, 2.05) is 0 Å². The molecule has 0 aliphatic carbocycles. The molecule has 1 aromatic rings. The van der Waals surface area contributed by atoms with E-state index in [9.17, 15) is 14.4 Å². The Morgan fingerprint density at radius 3 is 2.63 bits per heavy atom. The van der Waals surface area contributed by atoms with E-state index in [0.717, 1.165) is 0 Å². The average molecular weight is 421 g/mol. The molecule has 1 heterocycles. The Morgan fingerprint density at radius 2 is 1.93 bits per heavy atom. The third-order valence-electron chi connectivity index (χ3n) is 4.98. The third-order valence-corrected chi connectivity index (χ3v) is 4.98. The van der Waals surface area contributed by atoms with E-state index in [-0.39, 0.29) is 30.9 Å². The van der Waals surface area contributed by atoms with Gasteiger partial charge in [0, 0.05) is 19.7 Å². The molecular formula is C21H31N3O6. The first kappa shape index (κ1) is 23.5. The van der Waals surface area contributed by atoms with E-state index in [4.69, 9.17) is 14.2 Å². The molecule has 3 N–H and O–H groups in total. The molecule has 0 fully saturated rings. The maximum Gasteiger partial charge on any atom is 0.255 e. The van der Waals surface area contributed by atoms with Crippen molar-refractivity contribution in [2.24, 2.45) is 0 Å². The summed E-state index contributed by atoms with van der Waals surface area (Å²) in [7, 11) is 2.98. The van der Waals surface area contributed by atoms with Crippen LogP contribution in [0, 0.1) is 0 Å². The highest BCUT2D eigenvalue weighted by molar-refractivity contribution is 5.97. The molecule has 0 saturated heterocycles. The van der Waals surface area contributed by atoms with Crippen molar-refractivity contribution in [1.82, 2.24) is 16.0 Å². The molecule has 0 unspecified atom stereocenters. The Labute approximate surface area is 176 Å². The second kappa shape index (κ2) is 10.8. The van der Waals surface area contributed by atoms with Gasteiger partial charge in [0.05, 0.1) is 19.2 Å². The maximum atomic E-state index is 12.6. The van der Waals surface area contributed by atoms with Crippen LogP contribution in [0.15, 0.2) is 18.2 Å². The topological polar surface area (TPSA) is 115 Å². The first-order chi connectivity index (χ1) is 14.3. The number of carbonyl (C=O) groups is 3. The van der Waals surface area contributed by atoms with E-state index in [1.165, 1.54) is 14.2 Å². The minimum Gasteiger partial charge on any atom is -0.497 e. The smallest absolute Gasteiger partial charge is 0.255 e. The van der Waals surface area contributed by atoms with Crippen molar-refractivity contribution in [3.63, 3.8) is 0 Å². The van der Waals surface area contributed by atoms with Gasteiger partial charge in [0.25, 0.3) is 11.8 Å². The normalized spacial score (nSPS) is 18.7. The largest absolute Gasteiger partial charge is 0.497 e. The highest BCUT2D eigenvalue weighted by Gasteiger charge is 2.31. The molecule has 1 aliphatic rings. The lowest BCUT2D eigenvalue weighted by Gasteiger charge is -2.26. The van der Waals surface area contributed by atoms with Crippen molar-refractivity contribution in [3.8, 4) is 11.5 Å². The number of carbonyl (C=O) groups excluding carboxylic acids is 3. The van der Waals surface area contributed by atoms with E-state index in [2.05, 4.69) is 16.0 Å². The van der Waals surface area contributed by atoms with Crippen molar-refractivity contribution in [2.45, 2.75) is 44.8 Å². The third kappa shape index (κ3) is 6.35. The van der Waals surface area contributed by atoms with Crippen LogP contribution in [0.1, 0.15) is 43.5 Å². The van der Waals surface area contributed by atoms with Crippen LogP contribution in [-0.2, 0) is 14.3 Å². The summed E-state index contributed by atoms with van der Waals surface area (Å²) >= 11 is 0. The van der Waals surface area contributed by atoms with Crippen LogP contribution in [0.25, 0.3) is 0 Å². The van der Waals surface area contributed by atoms with Gasteiger partial charge in [0.1, 0.15) is 29.7 Å². The monoisotopic (exact) mass is 421 g/mol. The fourth-order valence-electron chi connectivity index (χ4n) is 2.86. The molecule has 2 rings (SSSR count). The van der Waals surface area contributed by atoms with E-state index in [1.54, 1.807) is 32.0 Å². The van der Waals surface area contributed by atoms with Gasteiger partial charge >= 0.3 is 0 Å². The Balaban J connectivity index is 2.10. The van der Waals surface area contributed by atoms with Gasteiger partial charge in [0.2, 0.25) is 5.91 Å². The van der Waals surface area contributed by atoms with Crippen LogP contribution in [0.3, 0.4) is 0 Å². The molecule has 0 aromatic heterocycles. The summed E-state index contributed by atoms with van der Waals surface area (Å²) in [5.74, 6) is 0.0585. The molecule has 0 radical (unpaired) electrons. The molecule has 1 aromatic carbocycles. The number of rotatable bonds is 4. The molecule has 0 spiro atoms. The summed E-state index contributed by atoms with van der Waals surface area (Å²) in [6.07, 6.45) is 1.76. The van der Waals surface area contributed by atoms with Gasteiger partial charge in [-0.1, -0.05) is 0 Å². The Kier molecular flexibility index (Phi) is 8.46. The van der Waals surface area contributed by atoms with Gasteiger partial charge in [-0.25, -0.2) is 0 Å². The first-order valence-electron chi connectivity index (χ1n) is 10.0. The van der Waals surface area contributed by atoms with Crippen molar-refractivity contribution in [1.29, 1.82) is 0 Å². The second-order valence-electron chi connectivity index (χ2n) is 7.49. The number of amides is 3. The SMILES string of the molecule is COc1ccc2c(c1)OCCNC(=O)[C@@H](NC(=O)C(C)(C)OC)CCCCNC2=O. The highest BCUT2D eigenvalue weighted by Crippen LogP contribution is 2.25. The number of fused-ring (bicyclic) bond motifs is 1. The van der Waals surface area contributed by atoms with Crippen molar-refractivity contribution in [2.75, 3.05) is 33.9 Å². The molecule has 0 saturated carbocycles. The zero-order chi connectivity index (χ0) is 22.1. The summed E-state index contributed by atoms with van der Waals surface area (Å²) in [4.78, 5) is 37.5. The zero-order valence-electron chi connectivity index (χ0n) is 18.0. The standard InChI is InChI=1S/C21H31N3O6/c1-21(2,29-4)20(27)24-16-7-5-6-10-22-18(25)15-9-8-14(28-3)13-17(15)30-12-11-23-19(16)26/h8-9,13,16H,5-7,10-12H2,1-4H3,(H,22,25)(H,23,26)(H,24,27)/t16-/m0/s1. The fraction of sp³-hybridized carbons (Fsp3) is 0.571. The van der Waals surface area contributed by atoms with Gasteiger partial charge in [-0.2, -0.15) is 0 Å². The van der Waals surface area contributed by atoms with E-state index >= 15 is 0 Å². The predicted octanol–water partition coefficient (Wildman–Crippen LogP) is 1.01. The lowest BCUT2D eigenvalue weighted by molar-refractivity contribution is -0.142. The number of hydrogen-bond acceptors (Lipinski definition) is 6. The quantitative estimate of drug-likeness (QED) is 0.669. The zero-order valence-corrected chi connectivity index (χ0v) is 18.0. The highest BCUT2D eigenvalue weighted by atomic mass is 16.5. The van der Waals surface area contributed by atoms with Gasteiger partial charge in [-0.3, -0.25) is 14.4 Å². The molecule has 166 valence electrons.